The quantitative estimate of drug-likeness (QED) is 0.681. The fraction of sp³-hybridized carbons (Fsp3) is 0.545. The molecule has 0 saturated heterocycles. The van der Waals surface area contributed by atoms with Crippen LogP contribution in [0.25, 0.3) is 0 Å². The highest BCUT2D eigenvalue weighted by atomic mass is 16.5. The van der Waals surface area contributed by atoms with E-state index in [0.717, 1.165) is 35.0 Å². The maximum Gasteiger partial charge on any atom is 0.159 e. The van der Waals surface area contributed by atoms with E-state index in [1.807, 2.05) is 31.2 Å². The van der Waals surface area contributed by atoms with Crippen molar-refractivity contribution in [2.24, 2.45) is 17.8 Å². The number of anilines is 4. The molecule has 4 aliphatic carbocycles. The Morgan fingerprint density at radius 3 is 2.21 bits per heavy atom. The molecule has 4 N–H and O–H groups in total. The van der Waals surface area contributed by atoms with Gasteiger partial charge >= 0.3 is 0 Å². The molecule has 0 amide bonds. The molecule has 0 spiro atoms. The molecule has 4 aliphatic rings. The molecule has 0 aliphatic heterocycles. The average molecular weight is 380 g/mol. The van der Waals surface area contributed by atoms with Gasteiger partial charge in [0.05, 0.1) is 6.61 Å². The van der Waals surface area contributed by atoms with Crippen LogP contribution in [-0.2, 0) is 0 Å². The van der Waals surface area contributed by atoms with E-state index in [9.17, 15) is 0 Å². The topological polar surface area (TPSA) is 85.1 Å². The largest absolute Gasteiger partial charge is 0.494 e. The van der Waals surface area contributed by atoms with Crippen LogP contribution in [0.15, 0.2) is 30.6 Å². The average Bonchev–Trinajstić information content (AvgIpc) is 2.65. The van der Waals surface area contributed by atoms with Gasteiger partial charge in [-0.3, -0.25) is 0 Å². The summed E-state index contributed by atoms with van der Waals surface area (Å²) in [6.07, 6.45) is 9.62. The highest BCUT2D eigenvalue weighted by Gasteiger charge is 2.51. The molecule has 0 atom stereocenters. The lowest BCUT2D eigenvalue weighted by molar-refractivity contribution is 0.0106. The van der Waals surface area contributed by atoms with Crippen molar-refractivity contribution in [3.63, 3.8) is 0 Å². The van der Waals surface area contributed by atoms with Crippen LogP contribution >= 0.6 is 0 Å². The van der Waals surface area contributed by atoms with Crippen LogP contribution in [0, 0.1) is 17.8 Å². The van der Waals surface area contributed by atoms with Crippen molar-refractivity contribution in [2.45, 2.75) is 51.0 Å². The molecule has 1 aromatic heterocycles. The van der Waals surface area contributed by atoms with Crippen LogP contribution in [-0.4, -0.2) is 22.1 Å². The van der Waals surface area contributed by atoms with E-state index in [1.54, 1.807) is 6.33 Å². The second-order valence-electron chi connectivity index (χ2n) is 8.89. The molecular weight excluding hydrogens is 350 g/mol. The summed E-state index contributed by atoms with van der Waals surface area (Å²) in [6, 6.07) is 7.83. The Kier molecular flexibility index (Phi) is 4.29. The number of rotatable bonds is 6. The molecule has 0 radical (unpaired) electrons. The summed E-state index contributed by atoms with van der Waals surface area (Å²) in [5, 5.41) is 7.09. The number of hydrogen-bond donors (Lipinski definition) is 3. The van der Waals surface area contributed by atoms with E-state index in [0.29, 0.717) is 18.1 Å². The monoisotopic (exact) mass is 379 g/mol. The number of ether oxygens (including phenoxy) is 1. The molecule has 6 heteroatoms. The van der Waals surface area contributed by atoms with Gasteiger partial charge in [-0.2, -0.15) is 0 Å². The Hall–Kier alpha value is -2.50. The summed E-state index contributed by atoms with van der Waals surface area (Å²) in [5.41, 5.74) is 8.15. The second kappa shape index (κ2) is 6.83. The van der Waals surface area contributed by atoms with Gasteiger partial charge in [0, 0.05) is 11.2 Å². The van der Waals surface area contributed by atoms with Crippen molar-refractivity contribution in [3.05, 3.63) is 30.6 Å². The maximum absolute atomic E-state index is 6.46. The number of nitrogens with two attached hydrogens (primary N) is 1. The number of nitrogens with zero attached hydrogens (tertiary/aromatic N) is 2. The number of aromatic nitrogens is 2. The summed E-state index contributed by atoms with van der Waals surface area (Å²) in [5.74, 6) is 4.90. The zero-order valence-corrected chi connectivity index (χ0v) is 16.4. The van der Waals surface area contributed by atoms with Gasteiger partial charge < -0.3 is 21.1 Å². The van der Waals surface area contributed by atoms with Crippen LogP contribution in [0.2, 0.25) is 0 Å². The third-order valence-corrected chi connectivity index (χ3v) is 6.73. The van der Waals surface area contributed by atoms with Gasteiger partial charge in [-0.05, 0) is 87.5 Å². The minimum atomic E-state index is 0.174. The fourth-order valence-corrected chi connectivity index (χ4v) is 6.05. The third-order valence-electron chi connectivity index (χ3n) is 6.73. The number of nitrogen functional groups attached to an aromatic ring is 1. The molecule has 0 unspecified atom stereocenters. The molecule has 6 rings (SSSR count). The smallest absolute Gasteiger partial charge is 0.159 e. The zero-order chi connectivity index (χ0) is 19.1. The molecule has 148 valence electrons. The zero-order valence-electron chi connectivity index (χ0n) is 16.4. The Bertz CT molecular complexity index is 815. The summed E-state index contributed by atoms with van der Waals surface area (Å²) >= 11 is 0. The van der Waals surface area contributed by atoms with E-state index in [2.05, 4.69) is 20.6 Å². The van der Waals surface area contributed by atoms with Crippen LogP contribution in [0.3, 0.4) is 0 Å². The molecule has 1 aromatic carbocycles. The predicted octanol–water partition coefficient (Wildman–Crippen LogP) is 4.58. The summed E-state index contributed by atoms with van der Waals surface area (Å²) in [4.78, 5) is 8.86. The Labute approximate surface area is 166 Å². The Morgan fingerprint density at radius 1 is 1.00 bits per heavy atom. The number of benzene rings is 1. The Balaban J connectivity index is 1.34. The van der Waals surface area contributed by atoms with Crippen molar-refractivity contribution in [1.29, 1.82) is 0 Å². The van der Waals surface area contributed by atoms with Crippen LogP contribution in [0.1, 0.15) is 45.4 Å². The summed E-state index contributed by atoms with van der Waals surface area (Å²) < 4.78 is 5.50. The lowest BCUT2D eigenvalue weighted by Gasteiger charge is -2.57. The molecule has 4 fully saturated rings. The van der Waals surface area contributed by atoms with Crippen molar-refractivity contribution < 1.29 is 4.74 Å². The van der Waals surface area contributed by atoms with Crippen molar-refractivity contribution in [3.8, 4) is 5.75 Å². The molecular formula is C22H29N5O. The van der Waals surface area contributed by atoms with Crippen molar-refractivity contribution in [2.75, 3.05) is 23.0 Å². The van der Waals surface area contributed by atoms with Gasteiger partial charge in [0.2, 0.25) is 0 Å². The summed E-state index contributed by atoms with van der Waals surface area (Å²) in [7, 11) is 0. The fourth-order valence-electron chi connectivity index (χ4n) is 6.05. The first-order valence-corrected chi connectivity index (χ1v) is 10.5. The maximum atomic E-state index is 6.46. The lowest BCUT2D eigenvalue weighted by atomic mass is 9.53. The van der Waals surface area contributed by atoms with Crippen LogP contribution in [0.4, 0.5) is 23.0 Å². The normalized spacial score (nSPS) is 30.2. The predicted molar refractivity (Wildman–Crippen MR) is 112 cm³/mol. The minimum Gasteiger partial charge on any atom is -0.494 e. The van der Waals surface area contributed by atoms with Crippen LogP contribution in [0.5, 0.6) is 5.75 Å². The van der Waals surface area contributed by atoms with E-state index in [4.69, 9.17) is 10.5 Å². The van der Waals surface area contributed by atoms with Crippen LogP contribution < -0.4 is 21.1 Å². The first kappa shape index (κ1) is 17.6. The minimum absolute atomic E-state index is 0.174. The first-order chi connectivity index (χ1) is 13.6. The number of nitrogens with one attached hydrogen (secondary N) is 2. The third kappa shape index (κ3) is 3.25. The lowest BCUT2D eigenvalue weighted by Crippen LogP contribution is -2.55. The van der Waals surface area contributed by atoms with Gasteiger partial charge in [0.15, 0.2) is 11.6 Å². The molecule has 4 saturated carbocycles. The van der Waals surface area contributed by atoms with Gasteiger partial charge in [-0.1, -0.05) is 0 Å². The number of hydrogen-bond acceptors (Lipinski definition) is 6. The highest BCUT2D eigenvalue weighted by molar-refractivity contribution is 5.78. The SMILES string of the molecule is CCOc1ccc(Nc2ncnc(NC34CC5CC(CC(C5)C3)C4)c2N)cc1. The highest BCUT2D eigenvalue weighted by Crippen LogP contribution is 2.56. The molecule has 1 heterocycles. The van der Waals surface area contributed by atoms with E-state index < -0.39 is 0 Å². The van der Waals surface area contributed by atoms with Gasteiger partial charge in [-0.15, -0.1) is 0 Å². The molecule has 28 heavy (non-hydrogen) atoms. The standard InChI is InChI=1S/C22H29N5O/c1-2-28-18-5-3-17(4-6-18)26-20-19(23)21(25-13-24-20)27-22-10-14-7-15(11-22)9-16(8-14)12-22/h3-6,13-16H,2,7-12,23H2,1H3,(H2,24,25,26,27). The van der Waals surface area contributed by atoms with Gasteiger partial charge in [-0.25, -0.2) is 9.97 Å². The Morgan fingerprint density at radius 2 is 1.61 bits per heavy atom. The van der Waals surface area contributed by atoms with Crippen molar-refractivity contribution >= 4 is 23.0 Å². The summed E-state index contributed by atoms with van der Waals surface area (Å²) in [6.45, 7) is 2.64. The molecule has 2 aromatic rings. The molecule has 4 bridgehead atoms. The molecule has 6 nitrogen and oxygen atoms in total. The van der Waals surface area contributed by atoms with Gasteiger partial charge in [0.1, 0.15) is 17.8 Å². The second-order valence-corrected chi connectivity index (χ2v) is 8.89. The van der Waals surface area contributed by atoms with E-state index >= 15 is 0 Å². The van der Waals surface area contributed by atoms with Crippen molar-refractivity contribution in [1.82, 2.24) is 9.97 Å². The first-order valence-electron chi connectivity index (χ1n) is 10.5. The van der Waals surface area contributed by atoms with Gasteiger partial charge in [0.25, 0.3) is 0 Å². The van der Waals surface area contributed by atoms with E-state index in [-0.39, 0.29) is 5.54 Å². The van der Waals surface area contributed by atoms with E-state index in [1.165, 1.54) is 38.5 Å².